The monoisotopic (exact) mass is 392 g/mol. The molecule has 2 aromatic heterocycles. The smallest absolute Gasteiger partial charge is 0.246 e. The second-order valence-corrected chi connectivity index (χ2v) is 8.44. The number of anilines is 1. The number of thiazole rings is 2. The number of fused-ring (bicyclic) bond motifs is 3. The molecule has 1 saturated heterocycles. The summed E-state index contributed by atoms with van der Waals surface area (Å²) in [6.45, 7) is -0.264. The van der Waals surface area contributed by atoms with Gasteiger partial charge in [0.1, 0.15) is 6.54 Å². The lowest BCUT2D eigenvalue weighted by Crippen LogP contribution is -2.36. The summed E-state index contributed by atoms with van der Waals surface area (Å²) in [6.07, 6.45) is 2.33. The summed E-state index contributed by atoms with van der Waals surface area (Å²) in [5.74, 6) is -1.03. The minimum atomic E-state index is -0.423. The van der Waals surface area contributed by atoms with E-state index in [9.17, 15) is 14.4 Å². The maximum atomic E-state index is 12.1. The van der Waals surface area contributed by atoms with E-state index in [2.05, 4.69) is 15.3 Å². The Morgan fingerprint density at radius 1 is 1.16 bits per heavy atom. The van der Waals surface area contributed by atoms with Crippen molar-refractivity contribution in [3.05, 3.63) is 12.1 Å². The molecule has 7 nitrogen and oxygen atoms in total. The Morgan fingerprint density at radius 3 is 2.48 bits per heavy atom. The first-order valence-electron chi connectivity index (χ1n) is 7.42. The zero-order chi connectivity index (χ0) is 17.6. The van der Waals surface area contributed by atoms with Crippen LogP contribution in [0, 0.1) is 0 Å². The van der Waals surface area contributed by atoms with Gasteiger partial charge in [0, 0.05) is 12.8 Å². The predicted molar refractivity (Wildman–Crippen MR) is 99.2 cm³/mol. The van der Waals surface area contributed by atoms with E-state index >= 15 is 0 Å². The Kier molecular flexibility index (Phi) is 4.18. The van der Waals surface area contributed by atoms with Crippen LogP contribution in [0.2, 0.25) is 0 Å². The average Bonchev–Trinajstić information content (AvgIpc) is 3.26. The Hall–Kier alpha value is -2.04. The van der Waals surface area contributed by atoms with Crippen LogP contribution in [0.25, 0.3) is 20.4 Å². The molecular weight excluding hydrogens is 380 g/mol. The van der Waals surface area contributed by atoms with Crippen LogP contribution in [0.3, 0.4) is 0 Å². The molecule has 0 atom stereocenters. The maximum Gasteiger partial charge on any atom is 0.246 e. The molecule has 1 N–H and O–H groups in total. The molecule has 1 fully saturated rings. The fourth-order valence-corrected chi connectivity index (χ4v) is 5.27. The molecule has 1 aromatic carbocycles. The van der Waals surface area contributed by atoms with Gasteiger partial charge in [-0.3, -0.25) is 19.3 Å². The van der Waals surface area contributed by atoms with Crippen molar-refractivity contribution in [2.45, 2.75) is 17.2 Å². The molecular formula is C15H12N4O3S3. The van der Waals surface area contributed by atoms with Crippen molar-refractivity contribution in [1.82, 2.24) is 14.9 Å². The third kappa shape index (κ3) is 3.00. The van der Waals surface area contributed by atoms with Gasteiger partial charge in [0.2, 0.25) is 17.7 Å². The van der Waals surface area contributed by atoms with Crippen molar-refractivity contribution in [3.63, 3.8) is 0 Å². The lowest BCUT2D eigenvalue weighted by Gasteiger charge is -2.12. The number of aromatic nitrogens is 2. The van der Waals surface area contributed by atoms with Crippen LogP contribution in [0.15, 0.2) is 16.5 Å². The largest absolute Gasteiger partial charge is 0.300 e. The van der Waals surface area contributed by atoms with Crippen molar-refractivity contribution >= 4 is 77.7 Å². The zero-order valence-electron chi connectivity index (χ0n) is 13.1. The molecule has 3 heterocycles. The molecule has 1 aliphatic heterocycles. The van der Waals surface area contributed by atoms with Crippen molar-refractivity contribution < 1.29 is 14.4 Å². The van der Waals surface area contributed by atoms with Gasteiger partial charge in [-0.25, -0.2) is 9.97 Å². The average molecular weight is 392 g/mol. The van der Waals surface area contributed by atoms with E-state index in [0.717, 1.165) is 29.7 Å². The number of nitrogens with one attached hydrogen (secondary N) is 1. The fourth-order valence-electron chi connectivity index (χ4n) is 2.60. The van der Waals surface area contributed by atoms with Crippen molar-refractivity contribution in [2.75, 3.05) is 18.1 Å². The molecule has 128 valence electrons. The van der Waals surface area contributed by atoms with Crippen LogP contribution >= 0.6 is 34.4 Å². The fraction of sp³-hybridized carbons (Fsp3) is 0.267. The van der Waals surface area contributed by atoms with E-state index < -0.39 is 5.91 Å². The standard InChI is InChI=1S/C15H12N4O3S3/c1-23-15-17-8-3-2-7-12(13(8)25-15)24-14(16-7)18-9(20)6-19-10(21)4-5-11(19)22/h2-3H,4-6H2,1H3,(H,16,18,20). The van der Waals surface area contributed by atoms with Crippen molar-refractivity contribution in [3.8, 4) is 0 Å². The van der Waals surface area contributed by atoms with Gasteiger partial charge < -0.3 is 5.32 Å². The molecule has 1 aliphatic rings. The molecule has 0 unspecified atom stereocenters. The molecule has 3 amide bonds. The summed E-state index contributed by atoms with van der Waals surface area (Å²) in [5.41, 5.74) is 1.70. The maximum absolute atomic E-state index is 12.1. The van der Waals surface area contributed by atoms with Gasteiger partial charge in [0.25, 0.3) is 0 Å². The molecule has 0 spiro atoms. The lowest BCUT2D eigenvalue weighted by molar-refractivity contribution is -0.141. The Bertz CT molecular complexity index is 1010. The molecule has 25 heavy (non-hydrogen) atoms. The van der Waals surface area contributed by atoms with Crippen LogP contribution in [0.4, 0.5) is 5.13 Å². The highest BCUT2D eigenvalue weighted by atomic mass is 32.2. The van der Waals surface area contributed by atoms with E-state index in [-0.39, 0.29) is 31.2 Å². The predicted octanol–water partition coefficient (Wildman–Crippen LogP) is 2.72. The summed E-state index contributed by atoms with van der Waals surface area (Å²) in [4.78, 5) is 45.3. The normalized spacial score (nSPS) is 14.8. The van der Waals surface area contributed by atoms with E-state index in [1.54, 1.807) is 23.1 Å². The molecule has 10 heteroatoms. The van der Waals surface area contributed by atoms with Crippen LogP contribution < -0.4 is 5.32 Å². The summed E-state index contributed by atoms with van der Waals surface area (Å²) in [5, 5.41) is 3.14. The van der Waals surface area contributed by atoms with Gasteiger partial charge in [-0.05, 0) is 18.4 Å². The van der Waals surface area contributed by atoms with Crippen LogP contribution in [-0.2, 0) is 14.4 Å². The van der Waals surface area contributed by atoms with Crippen LogP contribution in [0.5, 0.6) is 0 Å². The first-order chi connectivity index (χ1) is 12.0. The minimum absolute atomic E-state index is 0.175. The Labute approximate surface area is 154 Å². The molecule has 3 aromatic rings. The lowest BCUT2D eigenvalue weighted by atomic mass is 10.3. The van der Waals surface area contributed by atoms with Crippen molar-refractivity contribution in [1.29, 1.82) is 0 Å². The second kappa shape index (κ2) is 6.36. The highest BCUT2D eigenvalue weighted by molar-refractivity contribution is 8.00. The number of nitrogens with zero attached hydrogens (tertiary/aromatic N) is 3. The molecule has 4 rings (SSSR count). The minimum Gasteiger partial charge on any atom is -0.300 e. The highest BCUT2D eigenvalue weighted by Crippen LogP contribution is 2.37. The number of amides is 3. The first kappa shape index (κ1) is 16.4. The summed E-state index contributed by atoms with van der Waals surface area (Å²) in [7, 11) is 0. The number of thioether (sulfide) groups is 1. The molecule has 0 saturated carbocycles. The Balaban J connectivity index is 1.58. The van der Waals surface area contributed by atoms with Gasteiger partial charge in [-0.2, -0.15) is 0 Å². The van der Waals surface area contributed by atoms with Gasteiger partial charge in [-0.15, -0.1) is 11.3 Å². The van der Waals surface area contributed by atoms with Gasteiger partial charge in [0.05, 0.1) is 20.4 Å². The number of rotatable bonds is 4. The molecule has 0 radical (unpaired) electrons. The number of hydrogen-bond donors (Lipinski definition) is 1. The summed E-state index contributed by atoms with van der Waals surface area (Å²) in [6, 6.07) is 3.79. The number of hydrogen-bond acceptors (Lipinski definition) is 8. The van der Waals surface area contributed by atoms with Gasteiger partial charge >= 0.3 is 0 Å². The second-order valence-electron chi connectivity index (χ2n) is 5.39. The summed E-state index contributed by atoms with van der Waals surface area (Å²) < 4.78 is 3.00. The van der Waals surface area contributed by atoms with Gasteiger partial charge in [0.15, 0.2) is 9.47 Å². The third-order valence-electron chi connectivity index (χ3n) is 3.77. The van der Waals surface area contributed by atoms with Crippen LogP contribution in [-0.4, -0.2) is 45.4 Å². The van der Waals surface area contributed by atoms with E-state index in [4.69, 9.17) is 0 Å². The first-order valence-corrected chi connectivity index (χ1v) is 10.3. The SMILES string of the molecule is CSc1nc2ccc3nc(NC(=O)CN4C(=O)CCC4=O)sc3c2s1. The third-order valence-corrected chi connectivity index (χ3v) is 6.98. The van der Waals surface area contributed by atoms with E-state index in [0.29, 0.717) is 5.13 Å². The van der Waals surface area contributed by atoms with Crippen LogP contribution in [0.1, 0.15) is 12.8 Å². The topological polar surface area (TPSA) is 92.3 Å². The summed E-state index contributed by atoms with van der Waals surface area (Å²) >= 11 is 4.56. The van der Waals surface area contributed by atoms with Crippen molar-refractivity contribution in [2.24, 2.45) is 0 Å². The highest BCUT2D eigenvalue weighted by Gasteiger charge is 2.30. The number of benzene rings is 1. The van der Waals surface area contributed by atoms with Gasteiger partial charge in [-0.1, -0.05) is 23.1 Å². The Morgan fingerprint density at radius 2 is 1.80 bits per heavy atom. The van der Waals surface area contributed by atoms with E-state index in [1.807, 2.05) is 18.4 Å². The number of carbonyl (C=O) groups excluding carboxylic acids is 3. The molecule has 0 bridgehead atoms. The zero-order valence-corrected chi connectivity index (χ0v) is 15.5. The number of likely N-dealkylation sites (tertiary alicyclic amines) is 1. The number of carbonyl (C=O) groups is 3. The quantitative estimate of drug-likeness (QED) is 0.542. The van der Waals surface area contributed by atoms with E-state index in [1.165, 1.54) is 11.3 Å². The number of imide groups is 1. The molecule has 0 aliphatic carbocycles.